The molecule has 4 rings (SSSR count). The number of hydrogen-bond acceptors (Lipinski definition) is 5. The molecule has 8 nitrogen and oxygen atoms in total. The number of ketones is 1. The molecule has 0 aromatic heterocycles. The van der Waals surface area contributed by atoms with Gasteiger partial charge in [-0.3, -0.25) is 19.2 Å². The third kappa shape index (κ3) is 9.26. The second-order valence-corrected chi connectivity index (χ2v) is 13.5. The van der Waals surface area contributed by atoms with Gasteiger partial charge in [0.1, 0.15) is 17.4 Å². The maximum atomic E-state index is 13.9. The first-order valence-corrected chi connectivity index (χ1v) is 17.3. The van der Waals surface area contributed by atoms with E-state index < -0.39 is 24.6 Å². The Balaban J connectivity index is 0.00000133. The van der Waals surface area contributed by atoms with E-state index in [0.717, 1.165) is 15.9 Å². The molecule has 1 saturated heterocycles. The van der Waals surface area contributed by atoms with Crippen LogP contribution in [0, 0.1) is 11.3 Å². The molecular weight excluding hydrogens is 583 g/mol. The number of benzene rings is 3. The molecule has 0 spiro atoms. The van der Waals surface area contributed by atoms with E-state index in [-0.39, 0.29) is 30.2 Å². The van der Waals surface area contributed by atoms with Gasteiger partial charge in [-0.15, -0.1) is 0 Å². The van der Waals surface area contributed by atoms with Gasteiger partial charge in [-0.1, -0.05) is 125 Å². The predicted molar refractivity (Wildman–Crippen MR) is 185 cm³/mol. The maximum Gasteiger partial charge on any atom is 0.243 e. The van der Waals surface area contributed by atoms with Gasteiger partial charge in [0.25, 0.3) is 0 Å². The number of nitrogens with zero attached hydrogens (tertiary/aromatic N) is 2. The average Bonchev–Trinajstić information content (AvgIpc) is 3.58. The van der Waals surface area contributed by atoms with Crippen LogP contribution in [0.25, 0.3) is 0 Å². The number of Topliss-reactive ketones (excluding diaryl/α,β-unsaturated/α-hetero) is 1. The molecule has 0 radical (unpaired) electrons. The lowest BCUT2D eigenvalue weighted by Gasteiger charge is -2.30. The van der Waals surface area contributed by atoms with Gasteiger partial charge in [0.15, 0.2) is 5.78 Å². The van der Waals surface area contributed by atoms with Crippen molar-refractivity contribution in [1.82, 2.24) is 15.5 Å². The number of carbonyl (C=O) groups is 4. The summed E-state index contributed by atoms with van der Waals surface area (Å²) >= 11 is 0. The Bertz CT molecular complexity index is 1400. The Hall–Kier alpha value is -4.47. The van der Waals surface area contributed by atoms with Gasteiger partial charge in [-0.05, 0) is 35.6 Å². The van der Waals surface area contributed by atoms with Gasteiger partial charge in [-0.2, -0.15) is 5.26 Å². The molecule has 1 aliphatic rings. The minimum atomic E-state index is -2.90. The molecule has 1 fully saturated rings. The Kier molecular flexibility index (Phi) is 15.5. The summed E-state index contributed by atoms with van der Waals surface area (Å²) in [6.07, 6.45) is 2.34. The van der Waals surface area contributed by atoms with Crippen LogP contribution < -0.4 is 26.5 Å². The molecule has 3 aromatic rings. The van der Waals surface area contributed by atoms with Crippen LogP contribution in [0.4, 0.5) is 0 Å². The first-order valence-electron chi connectivity index (χ1n) is 15.5. The number of likely N-dealkylation sites (tertiary alicyclic amines) is 1. The summed E-state index contributed by atoms with van der Waals surface area (Å²) in [5, 5.41) is 18.3. The molecule has 238 valence electrons. The van der Waals surface area contributed by atoms with Gasteiger partial charge in [0.05, 0.1) is 13.1 Å². The molecule has 3 amide bonds. The van der Waals surface area contributed by atoms with Crippen LogP contribution in [0.3, 0.4) is 0 Å². The monoisotopic (exact) mass is 628 g/mol. The van der Waals surface area contributed by atoms with Crippen molar-refractivity contribution in [2.45, 2.75) is 59.9 Å². The fraction of sp³-hybridized carbons (Fsp3) is 0.333. The van der Waals surface area contributed by atoms with E-state index in [2.05, 4.69) is 30.6 Å². The highest BCUT2D eigenvalue weighted by atomic mass is 31.2. The van der Waals surface area contributed by atoms with Crippen LogP contribution in [-0.2, 0) is 19.2 Å². The molecule has 45 heavy (non-hydrogen) atoms. The highest BCUT2D eigenvalue weighted by molar-refractivity contribution is 7.97. The molecule has 0 aliphatic carbocycles. The molecule has 0 saturated carbocycles. The molecular formula is C36H45N4O4P. The lowest BCUT2D eigenvalue weighted by Crippen LogP contribution is -2.50. The lowest BCUT2D eigenvalue weighted by molar-refractivity contribution is -0.138. The van der Waals surface area contributed by atoms with Crippen molar-refractivity contribution in [3.8, 4) is 6.07 Å². The highest BCUT2D eigenvalue weighted by Crippen LogP contribution is 2.46. The van der Waals surface area contributed by atoms with Crippen molar-refractivity contribution in [3.63, 3.8) is 0 Å². The van der Waals surface area contributed by atoms with Crippen LogP contribution in [-0.4, -0.2) is 59.4 Å². The summed E-state index contributed by atoms with van der Waals surface area (Å²) in [5.74, 6) is -1.62. The zero-order valence-electron chi connectivity index (χ0n) is 27.0. The highest BCUT2D eigenvalue weighted by Gasteiger charge is 2.36. The summed E-state index contributed by atoms with van der Waals surface area (Å²) in [6, 6.07) is 30.2. The number of hydrogen-bond donors (Lipinski definition) is 2. The van der Waals surface area contributed by atoms with Crippen molar-refractivity contribution >= 4 is 51.6 Å². The van der Waals surface area contributed by atoms with Crippen molar-refractivity contribution in [1.29, 1.82) is 5.26 Å². The fourth-order valence-corrected chi connectivity index (χ4v) is 9.25. The Morgan fingerprint density at radius 2 is 1.24 bits per heavy atom. The van der Waals surface area contributed by atoms with Crippen molar-refractivity contribution in [2.75, 3.05) is 19.6 Å². The first kappa shape index (κ1) is 36.7. The molecule has 9 heteroatoms. The molecule has 3 aromatic carbocycles. The van der Waals surface area contributed by atoms with Crippen LogP contribution in [0.5, 0.6) is 0 Å². The van der Waals surface area contributed by atoms with Gasteiger partial charge in [-0.25, -0.2) is 0 Å². The summed E-state index contributed by atoms with van der Waals surface area (Å²) in [4.78, 5) is 52.2. The lowest BCUT2D eigenvalue weighted by atomic mass is 10.2. The van der Waals surface area contributed by atoms with Crippen LogP contribution >= 0.6 is 6.89 Å². The molecule has 2 N–H and O–H groups in total. The molecule has 1 unspecified atom stereocenters. The Morgan fingerprint density at radius 1 is 0.800 bits per heavy atom. The summed E-state index contributed by atoms with van der Waals surface area (Å²) in [6.45, 7) is 6.49. The third-order valence-electron chi connectivity index (χ3n) is 6.92. The number of amides is 3. The molecule has 1 aliphatic heterocycles. The third-order valence-corrected chi connectivity index (χ3v) is 11.2. The standard InChI is InChI=1S/C31H31N4O4P.C3H8.C2H6/c1-23(36)33-22-30(38)35-19-11-18-27(35)31(39)34-21-28(37)29(20-32)40(24-12-5-2-6-13-24,25-14-7-3-8-15-25)26-16-9-4-10-17-26;1-3-2;1-2/h2-10,12-17,27H,11,18-19,21-22H2,1H3,(H,33,36)(H,34,39);3H2,1-2H3;1-2H3. The largest absolute Gasteiger partial charge is 0.347 e. The van der Waals surface area contributed by atoms with E-state index in [1.165, 1.54) is 18.2 Å². The number of rotatable bonds is 9. The van der Waals surface area contributed by atoms with E-state index in [4.69, 9.17) is 0 Å². The quantitative estimate of drug-likeness (QED) is 0.348. The second kappa shape index (κ2) is 19.0. The van der Waals surface area contributed by atoms with Gasteiger partial charge in [0, 0.05) is 13.5 Å². The van der Waals surface area contributed by atoms with Crippen LogP contribution in [0.15, 0.2) is 91.0 Å². The van der Waals surface area contributed by atoms with Crippen LogP contribution in [0.1, 0.15) is 53.9 Å². The first-order chi connectivity index (χ1) is 21.8. The summed E-state index contributed by atoms with van der Waals surface area (Å²) in [5.41, 5.74) is 0. The van der Waals surface area contributed by atoms with E-state index >= 15 is 0 Å². The summed E-state index contributed by atoms with van der Waals surface area (Å²) < 4.78 is 0. The van der Waals surface area contributed by atoms with E-state index in [9.17, 15) is 24.4 Å². The smallest absolute Gasteiger partial charge is 0.243 e. The zero-order chi connectivity index (χ0) is 33.2. The van der Waals surface area contributed by atoms with Crippen molar-refractivity contribution in [3.05, 3.63) is 91.0 Å². The molecule has 1 heterocycles. The van der Waals surface area contributed by atoms with Crippen LogP contribution in [0.2, 0.25) is 0 Å². The maximum absolute atomic E-state index is 13.9. The van der Waals surface area contributed by atoms with E-state index in [1.54, 1.807) is 0 Å². The predicted octanol–water partition coefficient (Wildman–Crippen LogP) is 3.93. The molecule has 1 atom stereocenters. The van der Waals surface area contributed by atoms with E-state index in [0.29, 0.717) is 19.4 Å². The van der Waals surface area contributed by atoms with Gasteiger partial charge in [0.2, 0.25) is 17.7 Å². The van der Waals surface area contributed by atoms with E-state index in [1.807, 2.05) is 105 Å². The summed E-state index contributed by atoms with van der Waals surface area (Å²) in [7, 11) is 0. The normalized spacial score (nSPS) is 13.5. The molecule has 0 bridgehead atoms. The SMILES string of the molecule is CC.CC(=O)NCC(=O)N1CCCC1C(=O)NCC(=O)C(C#N)=P(c1ccccc1)(c1ccccc1)c1ccccc1.CCC. The zero-order valence-corrected chi connectivity index (χ0v) is 27.8. The van der Waals surface area contributed by atoms with Crippen molar-refractivity contribution < 1.29 is 19.2 Å². The topological polar surface area (TPSA) is 119 Å². The fourth-order valence-electron chi connectivity index (χ4n) is 5.12. The average molecular weight is 629 g/mol. The minimum Gasteiger partial charge on any atom is -0.347 e. The second-order valence-electron chi connectivity index (χ2n) is 10.1. The Morgan fingerprint density at radius 3 is 1.64 bits per heavy atom. The number of nitrogens with one attached hydrogen (secondary N) is 2. The van der Waals surface area contributed by atoms with Gasteiger partial charge >= 0.3 is 0 Å². The number of nitriles is 1. The van der Waals surface area contributed by atoms with Gasteiger partial charge < -0.3 is 15.5 Å². The minimum absolute atomic E-state index is 0.0846. The number of carbonyl (C=O) groups excluding carboxylic acids is 4. The van der Waals surface area contributed by atoms with Crippen molar-refractivity contribution in [2.24, 2.45) is 0 Å². The Labute approximate surface area is 267 Å².